The predicted octanol–water partition coefficient (Wildman–Crippen LogP) is 3.29. The fourth-order valence-electron chi connectivity index (χ4n) is 2.99. The van der Waals surface area contributed by atoms with Gasteiger partial charge in [-0.1, -0.05) is 12.1 Å². The van der Waals surface area contributed by atoms with Gasteiger partial charge < -0.3 is 9.64 Å². The quantitative estimate of drug-likeness (QED) is 0.800. The van der Waals surface area contributed by atoms with Crippen LogP contribution in [0.5, 0.6) is 0 Å². The number of amides is 1. The first-order valence-corrected chi connectivity index (χ1v) is 7.62. The molecule has 0 aromatic heterocycles. The molecule has 0 radical (unpaired) electrons. The van der Waals surface area contributed by atoms with Gasteiger partial charge in [-0.2, -0.15) is 0 Å². The second kappa shape index (κ2) is 5.88. The van der Waals surface area contributed by atoms with Crippen molar-refractivity contribution in [3.8, 4) is 0 Å². The molecule has 0 bridgehead atoms. The number of fused-ring (bicyclic) bond motifs is 1. The highest BCUT2D eigenvalue weighted by Crippen LogP contribution is 2.31. The van der Waals surface area contributed by atoms with Gasteiger partial charge >= 0.3 is 5.97 Å². The van der Waals surface area contributed by atoms with E-state index in [1.165, 1.54) is 7.11 Å². The van der Waals surface area contributed by atoms with E-state index in [0.29, 0.717) is 12.1 Å². The molecule has 0 spiro atoms. The van der Waals surface area contributed by atoms with Crippen LogP contribution in [0.25, 0.3) is 0 Å². The summed E-state index contributed by atoms with van der Waals surface area (Å²) in [6.07, 6.45) is 0.747. The molecule has 0 saturated carbocycles. The van der Waals surface area contributed by atoms with Gasteiger partial charge in [0, 0.05) is 17.8 Å². The molecule has 0 saturated heterocycles. The number of aryl methyl sites for hydroxylation is 1. The standard InChI is InChI=1S/C19H19NO3/c1-12-5-4-6-16(13(12)2)18(21)20-10-9-14-11-15(19(22)23-3)7-8-17(14)20/h4-8,11H,9-10H2,1-3H3. The number of hydrogen-bond donors (Lipinski definition) is 0. The van der Waals surface area contributed by atoms with Crippen LogP contribution >= 0.6 is 0 Å². The first kappa shape index (κ1) is 15.3. The van der Waals surface area contributed by atoms with Gasteiger partial charge in [0.25, 0.3) is 5.91 Å². The van der Waals surface area contributed by atoms with Crippen molar-refractivity contribution in [2.45, 2.75) is 20.3 Å². The summed E-state index contributed by atoms with van der Waals surface area (Å²) in [4.78, 5) is 26.3. The van der Waals surface area contributed by atoms with Gasteiger partial charge in [0.05, 0.1) is 12.7 Å². The Morgan fingerprint density at radius 1 is 1.13 bits per heavy atom. The van der Waals surface area contributed by atoms with Crippen molar-refractivity contribution in [2.75, 3.05) is 18.6 Å². The molecule has 4 heteroatoms. The van der Waals surface area contributed by atoms with Crippen LogP contribution in [0.15, 0.2) is 36.4 Å². The SMILES string of the molecule is COC(=O)c1ccc2c(c1)CCN2C(=O)c1cccc(C)c1C. The van der Waals surface area contributed by atoms with E-state index in [-0.39, 0.29) is 11.9 Å². The topological polar surface area (TPSA) is 46.6 Å². The molecule has 2 aromatic carbocycles. The zero-order valence-corrected chi connectivity index (χ0v) is 13.6. The first-order valence-electron chi connectivity index (χ1n) is 7.62. The monoisotopic (exact) mass is 309 g/mol. The zero-order chi connectivity index (χ0) is 16.6. The highest BCUT2D eigenvalue weighted by Gasteiger charge is 2.27. The lowest BCUT2D eigenvalue weighted by atomic mass is 10.0. The summed E-state index contributed by atoms with van der Waals surface area (Å²) < 4.78 is 4.75. The summed E-state index contributed by atoms with van der Waals surface area (Å²) >= 11 is 0. The van der Waals surface area contributed by atoms with Crippen LogP contribution < -0.4 is 4.90 Å². The fourth-order valence-corrected chi connectivity index (χ4v) is 2.99. The van der Waals surface area contributed by atoms with Crippen molar-refractivity contribution in [1.82, 2.24) is 0 Å². The van der Waals surface area contributed by atoms with E-state index in [1.54, 1.807) is 11.0 Å². The van der Waals surface area contributed by atoms with Crippen molar-refractivity contribution in [3.05, 3.63) is 64.2 Å². The summed E-state index contributed by atoms with van der Waals surface area (Å²) in [5.41, 5.74) is 5.26. The Morgan fingerprint density at radius 2 is 1.91 bits per heavy atom. The van der Waals surface area contributed by atoms with Crippen LogP contribution in [0.2, 0.25) is 0 Å². The van der Waals surface area contributed by atoms with E-state index in [9.17, 15) is 9.59 Å². The smallest absolute Gasteiger partial charge is 0.337 e. The summed E-state index contributed by atoms with van der Waals surface area (Å²) in [5, 5.41) is 0. The number of hydrogen-bond acceptors (Lipinski definition) is 3. The average Bonchev–Trinajstić information content (AvgIpc) is 2.99. The van der Waals surface area contributed by atoms with E-state index in [1.807, 2.05) is 44.2 Å². The molecule has 0 aliphatic carbocycles. The molecular formula is C19H19NO3. The van der Waals surface area contributed by atoms with E-state index in [2.05, 4.69) is 0 Å². The Morgan fingerprint density at radius 3 is 2.65 bits per heavy atom. The predicted molar refractivity (Wildman–Crippen MR) is 89.1 cm³/mol. The van der Waals surface area contributed by atoms with E-state index >= 15 is 0 Å². The Balaban J connectivity index is 1.95. The minimum absolute atomic E-state index is 0.00997. The van der Waals surface area contributed by atoms with Crippen LogP contribution in [0.3, 0.4) is 0 Å². The van der Waals surface area contributed by atoms with E-state index in [4.69, 9.17) is 4.74 Å². The average molecular weight is 309 g/mol. The van der Waals surface area contributed by atoms with Crippen molar-refractivity contribution in [1.29, 1.82) is 0 Å². The molecule has 1 amide bonds. The van der Waals surface area contributed by atoms with Gasteiger partial charge in [-0.25, -0.2) is 4.79 Å². The van der Waals surface area contributed by atoms with Gasteiger partial charge in [0.15, 0.2) is 0 Å². The van der Waals surface area contributed by atoms with Gasteiger partial charge in [0.1, 0.15) is 0 Å². The molecule has 0 N–H and O–H groups in total. The summed E-state index contributed by atoms with van der Waals surface area (Å²) in [6.45, 7) is 4.61. The summed E-state index contributed by atoms with van der Waals surface area (Å²) in [6, 6.07) is 11.1. The highest BCUT2D eigenvalue weighted by atomic mass is 16.5. The molecule has 2 aromatic rings. The van der Waals surface area contributed by atoms with Gasteiger partial charge in [-0.3, -0.25) is 4.79 Å². The molecule has 4 nitrogen and oxygen atoms in total. The second-order valence-electron chi connectivity index (χ2n) is 5.79. The number of anilines is 1. The lowest BCUT2D eigenvalue weighted by Crippen LogP contribution is -2.29. The van der Waals surface area contributed by atoms with Crippen LogP contribution in [0, 0.1) is 13.8 Å². The zero-order valence-electron chi connectivity index (χ0n) is 13.6. The lowest BCUT2D eigenvalue weighted by molar-refractivity contribution is 0.0600. The highest BCUT2D eigenvalue weighted by molar-refractivity contribution is 6.08. The van der Waals surface area contributed by atoms with Crippen molar-refractivity contribution in [3.63, 3.8) is 0 Å². The first-order chi connectivity index (χ1) is 11.0. The summed E-state index contributed by atoms with van der Waals surface area (Å²) in [5.74, 6) is -0.345. The minimum atomic E-state index is -0.355. The van der Waals surface area contributed by atoms with E-state index < -0.39 is 0 Å². The molecule has 1 heterocycles. The third kappa shape index (κ3) is 2.61. The van der Waals surface area contributed by atoms with Gasteiger partial charge in [-0.05, 0) is 61.2 Å². The largest absolute Gasteiger partial charge is 0.465 e. The van der Waals surface area contributed by atoms with Crippen LogP contribution in [-0.2, 0) is 11.2 Å². The number of benzene rings is 2. The van der Waals surface area contributed by atoms with Crippen LogP contribution in [-0.4, -0.2) is 25.5 Å². The third-order valence-electron chi connectivity index (χ3n) is 4.48. The Labute approximate surface area is 135 Å². The van der Waals surface area contributed by atoms with Crippen molar-refractivity contribution < 1.29 is 14.3 Å². The maximum atomic E-state index is 12.9. The number of ether oxygens (including phenoxy) is 1. The number of nitrogens with zero attached hydrogens (tertiary/aromatic N) is 1. The fraction of sp³-hybridized carbons (Fsp3) is 0.263. The lowest BCUT2D eigenvalue weighted by Gasteiger charge is -2.19. The van der Waals surface area contributed by atoms with Gasteiger partial charge in [0.2, 0.25) is 0 Å². The number of carbonyl (C=O) groups excluding carboxylic acids is 2. The normalized spacial score (nSPS) is 12.9. The molecular weight excluding hydrogens is 290 g/mol. The Hall–Kier alpha value is -2.62. The number of methoxy groups -OCH3 is 1. The Kier molecular flexibility index (Phi) is 3.90. The van der Waals surface area contributed by atoms with Crippen LogP contribution in [0.4, 0.5) is 5.69 Å². The van der Waals surface area contributed by atoms with Crippen LogP contribution in [0.1, 0.15) is 37.4 Å². The third-order valence-corrected chi connectivity index (χ3v) is 4.48. The Bertz CT molecular complexity index is 795. The molecule has 0 atom stereocenters. The molecule has 0 fully saturated rings. The number of carbonyl (C=O) groups is 2. The maximum Gasteiger partial charge on any atom is 0.337 e. The summed E-state index contributed by atoms with van der Waals surface area (Å²) in [7, 11) is 1.37. The van der Waals surface area contributed by atoms with Crippen molar-refractivity contribution >= 4 is 17.6 Å². The molecule has 23 heavy (non-hydrogen) atoms. The molecule has 1 aliphatic rings. The molecule has 118 valence electrons. The van der Waals surface area contributed by atoms with Crippen molar-refractivity contribution in [2.24, 2.45) is 0 Å². The van der Waals surface area contributed by atoms with Gasteiger partial charge in [-0.15, -0.1) is 0 Å². The minimum Gasteiger partial charge on any atom is -0.465 e. The molecule has 3 rings (SSSR count). The second-order valence-corrected chi connectivity index (χ2v) is 5.79. The molecule has 0 unspecified atom stereocenters. The maximum absolute atomic E-state index is 12.9. The molecule has 1 aliphatic heterocycles. The number of esters is 1. The van der Waals surface area contributed by atoms with E-state index in [0.717, 1.165) is 34.4 Å². The number of rotatable bonds is 2.